The molecule has 3 nitrogen and oxygen atoms in total. The summed E-state index contributed by atoms with van der Waals surface area (Å²) in [6.45, 7) is 2.07. The third kappa shape index (κ3) is 2.13. The molecule has 1 fully saturated rings. The number of hydrogen-bond donors (Lipinski definition) is 1. The molecule has 17 heavy (non-hydrogen) atoms. The minimum atomic E-state index is 0.577. The molecule has 0 atom stereocenters. The van der Waals surface area contributed by atoms with Gasteiger partial charge in [0.25, 0.3) is 0 Å². The van der Waals surface area contributed by atoms with Crippen LogP contribution >= 0.6 is 12.2 Å². The Morgan fingerprint density at radius 1 is 1.41 bits per heavy atom. The highest BCUT2D eigenvalue weighted by atomic mass is 32.1. The largest absolute Gasteiger partial charge is 0.343 e. The summed E-state index contributed by atoms with van der Waals surface area (Å²) in [6.07, 6.45) is 6.10. The lowest BCUT2D eigenvalue weighted by Crippen LogP contribution is -1.96. The third-order valence-electron chi connectivity index (χ3n) is 3.05. The summed E-state index contributed by atoms with van der Waals surface area (Å²) >= 11 is 5.23. The number of nitrogens with one attached hydrogen (secondary N) is 1. The van der Waals surface area contributed by atoms with Crippen LogP contribution in [-0.2, 0) is 0 Å². The average Bonchev–Trinajstić information content (AvgIpc) is 3.12. The van der Waals surface area contributed by atoms with Crippen LogP contribution in [0.4, 0.5) is 0 Å². The van der Waals surface area contributed by atoms with Crippen LogP contribution in [0.25, 0.3) is 11.3 Å². The van der Waals surface area contributed by atoms with Gasteiger partial charge in [0, 0.05) is 23.9 Å². The Kier molecular flexibility index (Phi) is 2.52. The average molecular weight is 243 g/mol. The minimum Gasteiger partial charge on any atom is -0.343 e. The number of hydrogen-bond acceptors (Lipinski definition) is 3. The lowest BCUT2D eigenvalue weighted by molar-refractivity contribution is 0.923. The van der Waals surface area contributed by atoms with Gasteiger partial charge in [-0.2, -0.15) is 0 Å². The van der Waals surface area contributed by atoms with E-state index in [0.717, 1.165) is 17.1 Å². The van der Waals surface area contributed by atoms with E-state index in [1.807, 2.05) is 18.3 Å². The zero-order valence-corrected chi connectivity index (χ0v) is 10.4. The van der Waals surface area contributed by atoms with Crippen LogP contribution < -0.4 is 0 Å². The van der Waals surface area contributed by atoms with Crippen molar-refractivity contribution in [1.82, 2.24) is 15.0 Å². The Balaban J connectivity index is 2.14. The molecule has 0 spiro atoms. The zero-order valence-electron chi connectivity index (χ0n) is 9.60. The van der Waals surface area contributed by atoms with Crippen molar-refractivity contribution in [2.24, 2.45) is 0 Å². The fraction of sp³-hybridized carbons (Fsp3) is 0.308. The van der Waals surface area contributed by atoms with E-state index in [9.17, 15) is 0 Å². The first-order chi connectivity index (χ1) is 8.24. The first-order valence-electron chi connectivity index (χ1n) is 5.76. The number of aryl methyl sites for hydroxylation is 1. The molecule has 0 unspecified atom stereocenters. The van der Waals surface area contributed by atoms with Crippen molar-refractivity contribution in [2.45, 2.75) is 25.7 Å². The van der Waals surface area contributed by atoms with Crippen molar-refractivity contribution >= 4 is 12.2 Å². The highest BCUT2D eigenvalue weighted by Gasteiger charge is 2.26. The summed E-state index contributed by atoms with van der Waals surface area (Å²) in [5.74, 6) is 1.60. The molecule has 0 aliphatic heterocycles. The number of aromatic nitrogens is 3. The molecular weight excluding hydrogens is 230 g/mol. The molecule has 0 amide bonds. The van der Waals surface area contributed by atoms with Crippen molar-refractivity contribution in [3.05, 3.63) is 40.6 Å². The predicted octanol–water partition coefficient (Wildman–Crippen LogP) is 3.39. The first kappa shape index (κ1) is 10.6. The van der Waals surface area contributed by atoms with E-state index >= 15 is 0 Å². The summed E-state index contributed by atoms with van der Waals surface area (Å²) in [5.41, 5.74) is 3.32. The van der Waals surface area contributed by atoms with Crippen molar-refractivity contribution < 1.29 is 0 Å². The maximum absolute atomic E-state index is 5.23. The summed E-state index contributed by atoms with van der Waals surface area (Å²) in [4.78, 5) is 11.9. The van der Waals surface area contributed by atoms with E-state index < -0.39 is 0 Å². The van der Waals surface area contributed by atoms with E-state index in [4.69, 9.17) is 12.2 Å². The van der Waals surface area contributed by atoms with Gasteiger partial charge in [-0.15, -0.1) is 0 Å². The van der Waals surface area contributed by atoms with Crippen LogP contribution in [0.2, 0.25) is 0 Å². The molecule has 0 saturated heterocycles. The van der Waals surface area contributed by atoms with Crippen LogP contribution in [0.1, 0.15) is 30.1 Å². The number of aromatic amines is 1. The van der Waals surface area contributed by atoms with Gasteiger partial charge in [0.15, 0.2) is 0 Å². The second kappa shape index (κ2) is 4.04. The second-order valence-electron chi connectivity index (χ2n) is 4.48. The fourth-order valence-corrected chi connectivity index (χ4v) is 2.13. The summed E-state index contributed by atoms with van der Waals surface area (Å²) in [7, 11) is 0. The number of pyridine rings is 1. The molecule has 2 aromatic heterocycles. The third-order valence-corrected chi connectivity index (χ3v) is 3.26. The molecule has 0 radical (unpaired) electrons. The van der Waals surface area contributed by atoms with E-state index in [2.05, 4.69) is 21.9 Å². The fourth-order valence-electron chi connectivity index (χ4n) is 1.92. The van der Waals surface area contributed by atoms with Crippen molar-refractivity contribution in [3.63, 3.8) is 0 Å². The Bertz CT molecular complexity index is 614. The molecule has 2 heterocycles. The highest BCUT2D eigenvalue weighted by molar-refractivity contribution is 7.71. The van der Waals surface area contributed by atoms with Crippen LogP contribution in [0.15, 0.2) is 24.5 Å². The van der Waals surface area contributed by atoms with Crippen LogP contribution in [0.3, 0.4) is 0 Å². The highest BCUT2D eigenvalue weighted by Crippen LogP contribution is 2.38. The maximum atomic E-state index is 5.23. The van der Waals surface area contributed by atoms with Gasteiger partial charge in [-0.25, -0.2) is 4.98 Å². The number of H-pyrrole nitrogens is 1. The van der Waals surface area contributed by atoms with Gasteiger partial charge in [0.1, 0.15) is 10.5 Å². The van der Waals surface area contributed by atoms with Crippen LogP contribution in [-0.4, -0.2) is 15.0 Å². The molecular formula is C13H13N3S. The van der Waals surface area contributed by atoms with Crippen LogP contribution in [0, 0.1) is 11.6 Å². The van der Waals surface area contributed by atoms with E-state index in [-0.39, 0.29) is 0 Å². The molecule has 0 aromatic carbocycles. The zero-order chi connectivity index (χ0) is 11.8. The van der Waals surface area contributed by atoms with Gasteiger partial charge in [-0.3, -0.25) is 4.98 Å². The van der Waals surface area contributed by atoms with Gasteiger partial charge in [-0.1, -0.05) is 12.2 Å². The van der Waals surface area contributed by atoms with Crippen LogP contribution in [0.5, 0.6) is 0 Å². The van der Waals surface area contributed by atoms with E-state index in [1.165, 1.54) is 18.4 Å². The number of rotatable bonds is 2. The van der Waals surface area contributed by atoms with Gasteiger partial charge in [0.2, 0.25) is 0 Å². The molecule has 1 aliphatic carbocycles. The Hall–Kier alpha value is -1.55. The lowest BCUT2D eigenvalue weighted by atomic mass is 10.1. The quantitative estimate of drug-likeness (QED) is 0.822. The molecule has 3 rings (SSSR count). The molecule has 86 valence electrons. The normalized spacial score (nSPS) is 14.9. The smallest absolute Gasteiger partial charge is 0.130 e. The Morgan fingerprint density at radius 3 is 2.94 bits per heavy atom. The van der Waals surface area contributed by atoms with Gasteiger partial charge >= 0.3 is 0 Å². The van der Waals surface area contributed by atoms with Crippen molar-refractivity contribution in [3.8, 4) is 11.3 Å². The molecule has 1 aliphatic rings. The molecule has 4 heteroatoms. The number of nitrogens with zero attached hydrogens (tertiary/aromatic N) is 2. The standard InChI is InChI=1S/C13H13N3S/c1-8-4-5-14-7-10(8)11-6-12(17)16-13(15-11)9-2-3-9/h4-7,9H,2-3H2,1H3,(H,15,16,17). The molecule has 1 saturated carbocycles. The molecule has 1 N–H and O–H groups in total. The van der Waals surface area contributed by atoms with Crippen molar-refractivity contribution in [2.75, 3.05) is 0 Å². The second-order valence-corrected chi connectivity index (χ2v) is 4.90. The Morgan fingerprint density at radius 2 is 2.24 bits per heavy atom. The van der Waals surface area contributed by atoms with E-state index in [1.54, 1.807) is 6.20 Å². The van der Waals surface area contributed by atoms with E-state index in [0.29, 0.717) is 10.6 Å². The summed E-state index contributed by atoms with van der Waals surface area (Å²) in [5, 5.41) is 0. The minimum absolute atomic E-state index is 0.577. The molecule has 2 aromatic rings. The van der Waals surface area contributed by atoms with Gasteiger partial charge in [-0.05, 0) is 37.5 Å². The monoisotopic (exact) mass is 243 g/mol. The van der Waals surface area contributed by atoms with Crippen molar-refractivity contribution in [1.29, 1.82) is 0 Å². The van der Waals surface area contributed by atoms with Gasteiger partial charge in [0.05, 0.1) is 5.69 Å². The summed E-state index contributed by atoms with van der Waals surface area (Å²) < 4.78 is 0.656. The summed E-state index contributed by atoms with van der Waals surface area (Å²) in [6, 6.07) is 3.91. The topological polar surface area (TPSA) is 41.6 Å². The SMILES string of the molecule is Cc1ccncc1-c1cc(=S)nc(C2CC2)[nH]1. The first-order valence-corrected chi connectivity index (χ1v) is 6.17. The lowest BCUT2D eigenvalue weighted by Gasteiger charge is -2.07. The Labute approximate surface area is 105 Å². The maximum Gasteiger partial charge on any atom is 0.130 e. The molecule has 0 bridgehead atoms. The van der Waals surface area contributed by atoms with Gasteiger partial charge < -0.3 is 4.98 Å². The predicted molar refractivity (Wildman–Crippen MR) is 69.4 cm³/mol.